The van der Waals surface area contributed by atoms with Gasteiger partial charge in [-0.2, -0.15) is 0 Å². The van der Waals surface area contributed by atoms with Crippen LogP contribution in [-0.2, 0) is 25.5 Å². The Morgan fingerprint density at radius 2 is 1.33 bits per heavy atom. The molecule has 0 spiro atoms. The molecular weight excluding hydrogens is 340 g/mol. The predicted molar refractivity (Wildman–Crippen MR) is 108 cm³/mol. The molecule has 2 aromatic carbocycles. The summed E-state index contributed by atoms with van der Waals surface area (Å²) in [6, 6.07) is 20.4. The Hall–Kier alpha value is -2.62. The Balaban J connectivity index is 0.000000271. The van der Waals surface area contributed by atoms with Gasteiger partial charge in [-0.3, -0.25) is 9.59 Å². The molecule has 0 N–H and O–H groups in total. The summed E-state index contributed by atoms with van der Waals surface area (Å²) in [5.41, 5.74) is 2.58. The van der Waals surface area contributed by atoms with E-state index in [0.717, 1.165) is 19.3 Å². The highest BCUT2D eigenvalue weighted by atomic mass is 16.5. The molecule has 146 valence electrons. The number of carbonyl (C=O) groups is 2. The maximum atomic E-state index is 10.5. The lowest BCUT2D eigenvalue weighted by Crippen LogP contribution is -2.04. The molecule has 0 aromatic heterocycles. The van der Waals surface area contributed by atoms with Crippen molar-refractivity contribution in [3.05, 3.63) is 71.8 Å². The Labute approximate surface area is 162 Å². The molecule has 0 aliphatic heterocycles. The third-order valence-corrected chi connectivity index (χ3v) is 3.98. The summed E-state index contributed by atoms with van der Waals surface area (Å²) in [6.45, 7) is 6.03. The van der Waals surface area contributed by atoms with Crippen LogP contribution >= 0.6 is 0 Å². The fourth-order valence-electron chi connectivity index (χ4n) is 2.46. The monoisotopic (exact) mass is 370 g/mol. The van der Waals surface area contributed by atoms with Crippen molar-refractivity contribution in [1.82, 2.24) is 0 Å². The molecule has 0 aliphatic carbocycles. The van der Waals surface area contributed by atoms with Crippen molar-refractivity contribution in [2.45, 2.75) is 46.0 Å². The first-order chi connectivity index (χ1) is 13.0. The van der Waals surface area contributed by atoms with Crippen LogP contribution in [0.5, 0.6) is 0 Å². The number of esters is 2. The molecule has 0 aliphatic rings. The Morgan fingerprint density at radius 1 is 0.815 bits per heavy atom. The van der Waals surface area contributed by atoms with Gasteiger partial charge in [-0.05, 0) is 36.3 Å². The summed E-state index contributed by atoms with van der Waals surface area (Å²) in [4.78, 5) is 21.0. The van der Waals surface area contributed by atoms with Crippen LogP contribution in [0.3, 0.4) is 0 Å². The first kappa shape index (κ1) is 22.4. The normalized spacial score (nSPS) is 10.9. The lowest BCUT2D eigenvalue weighted by Gasteiger charge is -2.11. The van der Waals surface area contributed by atoms with Crippen molar-refractivity contribution in [2.75, 3.05) is 13.2 Å². The van der Waals surface area contributed by atoms with Crippen molar-refractivity contribution >= 4 is 11.9 Å². The van der Waals surface area contributed by atoms with Gasteiger partial charge in [0.2, 0.25) is 0 Å². The van der Waals surface area contributed by atoms with E-state index in [2.05, 4.69) is 31.2 Å². The Morgan fingerprint density at radius 3 is 1.89 bits per heavy atom. The number of ether oxygens (including phenoxy) is 2. The molecule has 0 fully saturated rings. The predicted octanol–water partition coefficient (Wildman–Crippen LogP) is 4.93. The number of hydrogen-bond acceptors (Lipinski definition) is 4. The average molecular weight is 370 g/mol. The maximum Gasteiger partial charge on any atom is 0.302 e. The molecule has 0 bridgehead atoms. The van der Waals surface area contributed by atoms with Gasteiger partial charge in [0.05, 0.1) is 13.2 Å². The summed E-state index contributed by atoms with van der Waals surface area (Å²) in [7, 11) is 0. The second-order valence-electron chi connectivity index (χ2n) is 6.37. The topological polar surface area (TPSA) is 52.6 Å². The van der Waals surface area contributed by atoms with Crippen molar-refractivity contribution in [2.24, 2.45) is 0 Å². The minimum atomic E-state index is -0.203. The van der Waals surface area contributed by atoms with Crippen LogP contribution in [-0.4, -0.2) is 25.2 Å². The summed E-state index contributed by atoms with van der Waals surface area (Å²) in [6.07, 6.45) is 2.74. The lowest BCUT2D eigenvalue weighted by atomic mass is 9.98. The highest BCUT2D eigenvalue weighted by Crippen LogP contribution is 2.17. The molecule has 0 heterocycles. The standard InChI is InChI=1S/C12H16O2.C11H14O2/c1-10(8-9-14-11(2)13)12-6-4-3-5-7-12;1-10(12)13-9-5-8-11-6-3-2-4-7-11/h3-7,10H,8-9H2,1-2H3;2-4,6-7H,5,8-9H2,1H3. The second-order valence-corrected chi connectivity index (χ2v) is 6.37. The molecule has 0 saturated heterocycles. The first-order valence-electron chi connectivity index (χ1n) is 9.34. The molecule has 0 amide bonds. The maximum absolute atomic E-state index is 10.5. The molecule has 0 saturated carbocycles. The number of carbonyl (C=O) groups excluding carboxylic acids is 2. The Bertz CT molecular complexity index is 653. The van der Waals surface area contributed by atoms with Crippen LogP contribution in [0.1, 0.15) is 50.7 Å². The van der Waals surface area contributed by atoms with Gasteiger partial charge < -0.3 is 9.47 Å². The van der Waals surface area contributed by atoms with Gasteiger partial charge in [-0.25, -0.2) is 0 Å². The molecule has 1 unspecified atom stereocenters. The van der Waals surface area contributed by atoms with E-state index in [0.29, 0.717) is 19.1 Å². The third-order valence-electron chi connectivity index (χ3n) is 3.98. The molecule has 0 radical (unpaired) electrons. The van der Waals surface area contributed by atoms with E-state index in [-0.39, 0.29) is 11.9 Å². The van der Waals surface area contributed by atoms with E-state index >= 15 is 0 Å². The van der Waals surface area contributed by atoms with E-state index in [4.69, 9.17) is 9.47 Å². The lowest BCUT2D eigenvalue weighted by molar-refractivity contribution is -0.142. The molecule has 4 nitrogen and oxygen atoms in total. The fraction of sp³-hybridized carbons (Fsp3) is 0.391. The highest BCUT2D eigenvalue weighted by molar-refractivity contribution is 5.66. The fourth-order valence-corrected chi connectivity index (χ4v) is 2.46. The highest BCUT2D eigenvalue weighted by Gasteiger charge is 2.05. The van der Waals surface area contributed by atoms with E-state index in [1.807, 2.05) is 36.4 Å². The summed E-state index contributed by atoms with van der Waals surface area (Å²) < 4.78 is 9.72. The van der Waals surface area contributed by atoms with Gasteiger partial charge in [0.15, 0.2) is 0 Å². The van der Waals surface area contributed by atoms with Crippen molar-refractivity contribution < 1.29 is 19.1 Å². The van der Waals surface area contributed by atoms with Crippen LogP contribution < -0.4 is 0 Å². The number of hydrogen-bond donors (Lipinski definition) is 0. The number of aryl methyl sites for hydroxylation is 1. The van der Waals surface area contributed by atoms with E-state index in [1.54, 1.807) is 0 Å². The van der Waals surface area contributed by atoms with E-state index in [1.165, 1.54) is 25.0 Å². The van der Waals surface area contributed by atoms with Gasteiger partial charge in [-0.1, -0.05) is 67.6 Å². The quantitative estimate of drug-likeness (QED) is 0.488. The van der Waals surface area contributed by atoms with Crippen molar-refractivity contribution in [3.63, 3.8) is 0 Å². The minimum absolute atomic E-state index is 0.201. The van der Waals surface area contributed by atoms with E-state index in [9.17, 15) is 9.59 Å². The zero-order valence-corrected chi connectivity index (χ0v) is 16.5. The summed E-state index contributed by atoms with van der Waals surface area (Å²) in [5, 5.41) is 0. The second kappa shape index (κ2) is 13.6. The summed E-state index contributed by atoms with van der Waals surface area (Å²) >= 11 is 0. The van der Waals surface area contributed by atoms with Crippen molar-refractivity contribution in [1.29, 1.82) is 0 Å². The van der Waals surface area contributed by atoms with Crippen LogP contribution in [0.25, 0.3) is 0 Å². The molecule has 2 aromatic rings. The van der Waals surface area contributed by atoms with Crippen LogP contribution in [0.2, 0.25) is 0 Å². The molecular formula is C23H30O4. The van der Waals surface area contributed by atoms with Gasteiger partial charge >= 0.3 is 11.9 Å². The Kier molecular flexibility index (Phi) is 11.3. The number of benzene rings is 2. The van der Waals surface area contributed by atoms with Crippen LogP contribution in [0.15, 0.2) is 60.7 Å². The minimum Gasteiger partial charge on any atom is -0.466 e. The molecule has 27 heavy (non-hydrogen) atoms. The van der Waals surface area contributed by atoms with Gasteiger partial charge in [0.25, 0.3) is 0 Å². The average Bonchev–Trinajstić information content (AvgIpc) is 2.67. The van der Waals surface area contributed by atoms with Gasteiger partial charge in [0.1, 0.15) is 0 Å². The molecule has 2 rings (SSSR count). The van der Waals surface area contributed by atoms with E-state index < -0.39 is 0 Å². The number of rotatable bonds is 8. The summed E-state index contributed by atoms with van der Waals surface area (Å²) in [5.74, 6) is 0.0360. The SMILES string of the molecule is CC(=O)OCCC(C)c1ccccc1.CC(=O)OCCCc1ccccc1. The zero-order valence-electron chi connectivity index (χ0n) is 16.5. The van der Waals surface area contributed by atoms with Crippen molar-refractivity contribution in [3.8, 4) is 0 Å². The third kappa shape index (κ3) is 11.6. The van der Waals surface area contributed by atoms with Crippen LogP contribution in [0, 0.1) is 0 Å². The molecule has 1 atom stereocenters. The smallest absolute Gasteiger partial charge is 0.302 e. The first-order valence-corrected chi connectivity index (χ1v) is 9.34. The van der Waals surface area contributed by atoms with Gasteiger partial charge in [0, 0.05) is 13.8 Å². The van der Waals surface area contributed by atoms with Crippen LogP contribution in [0.4, 0.5) is 0 Å². The zero-order chi connectivity index (χ0) is 19.9. The molecule has 4 heteroatoms. The van der Waals surface area contributed by atoms with Gasteiger partial charge in [-0.15, -0.1) is 0 Å². The largest absolute Gasteiger partial charge is 0.466 e.